The number of carbonyl (C=O) groups excluding carboxylic acids is 2. The Kier molecular flexibility index (Phi) is 4.74. The first-order chi connectivity index (χ1) is 9.58. The predicted octanol–water partition coefficient (Wildman–Crippen LogP) is 0.512. The van der Waals surface area contributed by atoms with E-state index in [-0.39, 0.29) is 11.9 Å². The van der Waals surface area contributed by atoms with Gasteiger partial charge in [-0.1, -0.05) is 30.3 Å². The maximum absolute atomic E-state index is 12.0. The number of primary amides is 1. The fourth-order valence-electron chi connectivity index (χ4n) is 2.56. The van der Waals surface area contributed by atoms with E-state index in [0.717, 1.165) is 6.42 Å². The molecule has 5 nitrogen and oxygen atoms in total. The summed E-state index contributed by atoms with van der Waals surface area (Å²) in [5.74, 6) is -0.206. The van der Waals surface area contributed by atoms with Gasteiger partial charge in [0.15, 0.2) is 0 Å². The summed E-state index contributed by atoms with van der Waals surface area (Å²) in [5, 5.41) is 5.91. The zero-order valence-electron chi connectivity index (χ0n) is 11.6. The van der Waals surface area contributed by atoms with Crippen molar-refractivity contribution >= 4 is 11.8 Å². The molecule has 4 N–H and O–H groups in total. The zero-order chi connectivity index (χ0) is 14.5. The third-order valence-electron chi connectivity index (χ3n) is 3.78. The third-order valence-corrected chi connectivity index (χ3v) is 3.78. The summed E-state index contributed by atoms with van der Waals surface area (Å²) in [7, 11) is 0. The van der Waals surface area contributed by atoms with Crippen LogP contribution in [0.2, 0.25) is 0 Å². The summed E-state index contributed by atoms with van der Waals surface area (Å²) < 4.78 is 0. The molecule has 2 rings (SSSR count). The fraction of sp³-hybridized carbons (Fsp3) is 0.467. The minimum atomic E-state index is -0.514. The lowest BCUT2D eigenvalue weighted by Crippen LogP contribution is -2.50. The minimum Gasteiger partial charge on any atom is -0.368 e. The molecule has 3 atom stereocenters. The second kappa shape index (κ2) is 6.52. The van der Waals surface area contributed by atoms with Crippen LogP contribution in [0.1, 0.15) is 31.2 Å². The first-order valence-corrected chi connectivity index (χ1v) is 6.96. The molecule has 0 bridgehead atoms. The van der Waals surface area contributed by atoms with Crippen LogP contribution in [-0.2, 0) is 9.59 Å². The third kappa shape index (κ3) is 3.57. The second-order valence-electron chi connectivity index (χ2n) is 5.27. The van der Waals surface area contributed by atoms with Crippen LogP contribution in [-0.4, -0.2) is 30.4 Å². The molecule has 1 aliphatic heterocycles. The van der Waals surface area contributed by atoms with Crippen LogP contribution in [0.15, 0.2) is 30.3 Å². The van der Waals surface area contributed by atoms with Gasteiger partial charge in [-0.15, -0.1) is 0 Å². The average Bonchev–Trinajstić information content (AvgIpc) is 2.62. The molecule has 0 aliphatic carbocycles. The number of carbonyl (C=O) groups is 2. The van der Waals surface area contributed by atoms with E-state index < -0.39 is 11.9 Å². The largest absolute Gasteiger partial charge is 0.368 e. The molecule has 20 heavy (non-hydrogen) atoms. The van der Waals surface area contributed by atoms with Crippen molar-refractivity contribution in [3.63, 3.8) is 0 Å². The molecule has 0 spiro atoms. The topological polar surface area (TPSA) is 84.2 Å². The SMILES string of the molecule is C[C@H](N[C@H]1C[C@H](c2ccccc2)CCNC1=O)C(N)=O. The number of hydrogen-bond donors (Lipinski definition) is 3. The lowest BCUT2D eigenvalue weighted by Gasteiger charge is -2.22. The van der Waals surface area contributed by atoms with Crippen molar-refractivity contribution < 1.29 is 9.59 Å². The number of amides is 2. The van der Waals surface area contributed by atoms with Crippen LogP contribution in [0.4, 0.5) is 0 Å². The van der Waals surface area contributed by atoms with Gasteiger partial charge in [-0.3, -0.25) is 14.9 Å². The van der Waals surface area contributed by atoms with Gasteiger partial charge in [0, 0.05) is 6.54 Å². The Balaban J connectivity index is 2.10. The van der Waals surface area contributed by atoms with Gasteiger partial charge in [0.05, 0.1) is 12.1 Å². The quantitative estimate of drug-likeness (QED) is 0.748. The van der Waals surface area contributed by atoms with E-state index in [0.29, 0.717) is 18.9 Å². The molecule has 108 valence electrons. The number of nitrogens with two attached hydrogens (primary N) is 1. The Morgan fingerprint density at radius 2 is 2.10 bits per heavy atom. The van der Waals surface area contributed by atoms with Crippen molar-refractivity contribution in [3.05, 3.63) is 35.9 Å². The molecule has 0 unspecified atom stereocenters. The Bertz CT molecular complexity index is 475. The molecule has 1 aromatic carbocycles. The highest BCUT2D eigenvalue weighted by Gasteiger charge is 2.28. The molecule has 0 aromatic heterocycles. The number of nitrogens with one attached hydrogen (secondary N) is 2. The van der Waals surface area contributed by atoms with Gasteiger partial charge < -0.3 is 11.1 Å². The monoisotopic (exact) mass is 275 g/mol. The van der Waals surface area contributed by atoms with Gasteiger partial charge in [-0.25, -0.2) is 0 Å². The van der Waals surface area contributed by atoms with E-state index >= 15 is 0 Å². The van der Waals surface area contributed by atoms with Crippen LogP contribution < -0.4 is 16.4 Å². The molecule has 0 radical (unpaired) electrons. The van der Waals surface area contributed by atoms with Gasteiger partial charge in [0.25, 0.3) is 0 Å². The van der Waals surface area contributed by atoms with E-state index in [1.54, 1.807) is 6.92 Å². The van der Waals surface area contributed by atoms with Crippen molar-refractivity contribution in [1.82, 2.24) is 10.6 Å². The summed E-state index contributed by atoms with van der Waals surface area (Å²) in [6.45, 7) is 2.33. The normalized spacial score (nSPS) is 24.6. The van der Waals surface area contributed by atoms with Gasteiger partial charge in [0.2, 0.25) is 11.8 Å². The summed E-state index contributed by atoms with van der Waals surface area (Å²) in [5.41, 5.74) is 6.47. The Morgan fingerprint density at radius 1 is 1.40 bits per heavy atom. The van der Waals surface area contributed by atoms with Gasteiger partial charge >= 0.3 is 0 Å². The van der Waals surface area contributed by atoms with E-state index in [1.165, 1.54) is 5.56 Å². The summed E-state index contributed by atoms with van der Waals surface area (Å²) >= 11 is 0. The van der Waals surface area contributed by atoms with Gasteiger partial charge in [-0.2, -0.15) is 0 Å². The summed E-state index contributed by atoms with van der Waals surface area (Å²) in [4.78, 5) is 23.2. The molecule has 1 heterocycles. The first kappa shape index (κ1) is 14.5. The first-order valence-electron chi connectivity index (χ1n) is 6.96. The molecule has 5 heteroatoms. The smallest absolute Gasteiger partial charge is 0.237 e. The Hall–Kier alpha value is -1.88. The fourth-order valence-corrected chi connectivity index (χ4v) is 2.56. The highest BCUT2D eigenvalue weighted by molar-refractivity contribution is 5.84. The lowest BCUT2D eigenvalue weighted by molar-refractivity contribution is -0.124. The molecule has 1 saturated heterocycles. The van der Waals surface area contributed by atoms with Gasteiger partial charge in [-0.05, 0) is 31.2 Å². The van der Waals surface area contributed by atoms with E-state index in [1.807, 2.05) is 18.2 Å². The molecular formula is C15H21N3O2. The maximum atomic E-state index is 12.0. The molecule has 1 aromatic rings. The molecule has 0 saturated carbocycles. The molecular weight excluding hydrogens is 254 g/mol. The standard InChI is InChI=1S/C15H21N3O2/c1-10(14(16)19)18-13-9-12(7-8-17-15(13)20)11-5-3-2-4-6-11/h2-6,10,12-13,18H,7-9H2,1H3,(H2,16,19)(H,17,20)/t10-,12+,13-/m0/s1. The van der Waals surface area contributed by atoms with Crippen molar-refractivity contribution in [1.29, 1.82) is 0 Å². The van der Waals surface area contributed by atoms with Gasteiger partial charge in [0.1, 0.15) is 0 Å². The van der Waals surface area contributed by atoms with Crippen molar-refractivity contribution in [2.45, 2.75) is 37.8 Å². The minimum absolute atomic E-state index is 0.0588. The zero-order valence-corrected chi connectivity index (χ0v) is 11.6. The number of benzene rings is 1. The second-order valence-corrected chi connectivity index (χ2v) is 5.27. The lowest BCUT2D eigenvalue weighted by atomic mass is 9.90. The van der Waals surface area contributed by atoms with E-state index in [9.17, 15) is 9.59 Å². The highest BCUT2D eigenvalue weighted by Crippen LogP contribution is 2.26. The number of hydrogen-bond acceptors (Lipinski definition) is 3. The van der Waals surface area contributed by atoms with Crippen LogP contribution in [0.25, 0.3) is 0 Å². The molecule has 2 amide bonds. The van der Waals surface area contributed by atoms with Crippen molar-refractivity contribution in [3.8, 4) is 0 Å². The van der Waals surface area contributed by atoms with Crippen LogP contribution in [0, 0.1) is 0 Å². The molecule has 1 fully saturated rings. The van der Waals surface area contributed by atoms with Crippen molar-refractivity contribution in [2.75, 3.05) is 6.54 Å². The highest BCUT2D eigenvalue weighted by atomic mass is 16.2. The Morgan fingerprint density at radius 3 is 2.75 bits per heavy atom. The van der Waals surface area contributed by atoms with Crippen LogP contribution in [0.5, 0.6) is 0 Å². The Labute approximate surface area is 118 Å². The number of rotatable bonds is 4. The molecule has 1 aliphatic rings. The summed E-state index contributed by atoms with van der Waals surface area (Å²) in [6.07, 6.45) is 1.58. The maximum Gasteiger partial charge on any atom is 0.237 e. The predicted molar refractivity (Wildman–Crippen MR) is 77.0 cm³/mol. The van der Waals surface area contributed by atoms with E-state index in [4.69, 9.17) is 5.73 Å². The van der Waals surface area contributed by atoms with Crippen molar-refractivity contribution in [2.24, 2.45) is 5.73 Å². The van der Waals surface area contributed by atoms with Crippen LogP contribution in [0.3, 0.4) is 0 Å². The van der Waals surface area contributed by atoms with Crippen LogP contribution >= 0.6 is 0 Å². The summed E-state index contributed by atoms with van der Waals surface area (Å²) in [6, 6.07) is 9.25. The average molecular weight is 275 g/mol. The van der Waals surface area contributed by atoms with E-state index in [2.05, 4.69) is 22.8 Å².